The third kappa shape index (κ3) is 1.99. The van der Waals surface area contributed by atoms with Crippen molar-refractivity contribution in [1.82, 2.24) is 5.32 Å². The third-order valence-corrected chi connectivity index (χ3v) is 2.72. The molecule has 0 spiro atoms. The van der Waals surface area contributed by atoms with E-state index in [-0.39, 0.29) is 12.0 Å². The lowest BCUT2D eigenvalue weighted by Gasteiger charge is -2.27. The number of hydrogen-bond donors (Lipinski definition) is 1. The van der Waals surface area contributed by atoms with Crippen LogP contribution in [0.3, 0.4) is 0 Å². The summed E-state index contributed by atoms with van der Waals surface area (Å²) in [4.78, 5) is 4.28. The summed E-state index contributed by atoms with van der Waals surface area (Å²) >= 11 is 0. The topological polar surface area (TPSA) is 42.8 Å². The van der Waals surface area contributed by atoms with Gasteiger partial charge in [0, 0.05) is 5.94 Å². The molecule has 2 aliphatic heterocycles. The first-order valence-electron chi connectivity index (χ1n) is 5.48. The van der Waals surface area contributed by atoms with Crippen molar-refractivity contribution < 1.29 is 9.47 Å². The van der Waals surface area contributed by atoms with Crippen LogP contribution in [0.15, 0.2) is 23.2 Å². The Morgan fingerprint density at radius 1 is 1.35 bits per heavy atom. The number of ether oxygens (including phenoxy) is 2. The van der Waals surface area contributed by atoms with Crippen molar-refractivity contribution in [2.24, 2.45) is 4.99 Å². The first kappa shape index (κ1) is 10.6. The minimum atomic E-state index is -0.238. The van der Waals surface area contributed by atoms with Crippen molar-refractivity contribution >= 4 is 27.0 Å². The van der Waals surface area contributed by atoms with Gasteiger partial charge < -0.3 is 14.8 Å². The Morgan fingerprint density at radius 3 is 3.00 bits per heavy atom. The molecule has 0 saturated heterocycles. The first-order chi connectivity index (χ1) is 8.22. The van der Waals surface area contributed by atoms with Crippen LogP contribution in [0.5, 0.6) is 11.5 Å². The maximum Gasteiger partial charge on any atom is 0.189 e. The summed E-state index contributed by atoms with van der Waals surface area (Å²) in [7, 11) is 11.4. The summed E-state index contributed by atoms with van der Waals surface area (Å²) < 4.78 is 11.4. The van der Waals surface area contributed by atoms with Gasteiger partial charge in [-0.3, -0.25) is 4.99 Å². The van der Waals surface area contributed by atoms with E-state index in [1.807, 2.05) is 0 Å². The van der Waals surface area contributed by atoms with E-state index in [0.717, 1.165) is 5.84 Å². The maximum absolute atomic E-state index is 5.79. The Hall–Kier alpha value is -1.58. The summed E-state index contributed by atoms with van der Waals surface area (Å²) in [5.41, 5.74) is 0.644. The third-order valence-electron chi connectivity index (χ3n) is 2.72. The van der Waals surface area contributed by atoms with Crippen LogP contribution >= 0.6 is 0 Å². The number of fused-ring (bicyclic) bond motifs is 1. The molecule has 17 heavy (non-hydrogen) atoms. The van der Waals surface area contributed by atoms with E-state index in [1.54, 1.807) is 18.2 Å². The summed E-state index contributed by atoms with van der Waals surface area (Å²) in [5, 5.41) is 3.06. The van der Waals surface area contributed by atoms with Gasteiger partial charge in [-0.1, -0.05) is 11.5 Å². The van der Waals surface area contributed by atoms with Gasteiger partial charge in [0.25, 0.3) is 0 Å². The first-order valence-corrected chi connectivity index (χ1v) is 5.48. The zero-order chi connectivity index (χ0) is 11.8. The van der Waals surface area contributed by atoms with Gasteiger partial charge in [0.1, 0.15) is 28.1 Å². The predicted molar refractivity (Wildman–Crippen MR) is 66.7 cm³/mol. The van der Waals surface area contributed by atoms with Crippen LogP contribution in [0.2, 0.25) is 0 Å². The molecule has 4 nitrogen and oxygen atoms in total. The number of hydrogen-bond acceptors (Lipinski definition) is 4. The van der Waals surface area contributed by atoms with E-state index in [4.69, 9.17) is 25.2 Å². The molecule has 0 aromatic heterocycles. The second-order valence-corrected chi connectivity index (χ2v) is 4.10. The Kier molecular flexibility index (Phi) is 2.50. The molecule has 3 rings (SSSR count). The molecule has 1 N–H and O–H groups in total. The monoisotopic (exact) mass is 224 g/mol. The Labute approximate surface area is 102 Å². The summed E-state index contributed by atoms with van der Waals surface area (Å²) in [6.45, 7) is 0.994. The number of rotatable bonds is 1. The molecule has 0 bridgehead atoms. The lowest BCUT2D eigenvalue weighted by atomic mass is 9.96. The molecule has 0 aliphatic carbocycles. The fourth-order valence-electron chi connectivity index (χ4n) is 1.90. The Morgan fingerprint density at radius 2 is 2.24 bits per heavy atom. The molecule has 1 aromatic carbocycles. The fraction of sp³-hybridized carbons (Fsp3) is 0.364. The summed E-state index contributed by atoms with van der Waals surface area (Å²) in [5.74, 6) is 1.96. The van der Waals surface area contributed by atoms with E-state index >= 15 is 0 Å². The van der Waals surface area contributed by atoms with Crippen molar-refractivity contribution in [3.8, 4) is 11.5 Å². The van der Waals surface area contributed by atoms with E-state index < -0.39 is 0 Å². The average molecular weight is 224 g/mol. The highest BCUT2D eigenvalue weighted by atomic mass is 16.6. The molecule has 2 atom stereocenters. The number of amidine groups is 1. The second kappa shape index (κ2) is 4.02. The molecular weight excluding hydrogens is 214 g/mol. The molecule has 2 heterocycles. The molecule has 0 amide bonds. The van der Waals surface area contributed by atoms with Crippen molar-refractivity contribution in [2.75, 3.05) is 13.2 Å². The second-order valence-electron chi connectivity index (χ2n) is 4.10. The van der Waals surface area contributed by atoms with Crippen LogP contribution < -0.4 is 20.3 Å². The minimum Gasteiger partial charge on any atom is -0.485 e. The van der Waals surface area contributed by atoms with E-state index in [1.165, 1.54) is 0 Å². The lowest BCUT2D eigenvalue weighted by Crippen LogP contribution is -2.44. The van der Waals surface area contributed by atoms with Gasteiger partial charge in [-0.05, 0) is 12.1 Å². The zero-order valence-electron chi connectivity index (χ0n) is 9.22. The molecule has 82 valence electrons. The highest BCUT2D eigenvalue weighted by Gasteiger charge is 2.28. The quantitative estimate of drug-likeness (QED) is 0.629. The normalized spacial score (nSPS) is 26.2. The Balaban J connectivity index is 1.80. The minimum absolute atomic E-state index is 0.129. The summed E-state index contributed by atoms with van der Waals surface area (Å²) in [6, 6.07) is 5.33. The van der Waals surface area contributed by atoms with Crippen molar-refractivity contribution in [3.63, 3.8) is 0 Å². The average Bonchev–Trinajstić information content (AvgIpc) is 2.75. The van der Waals surface area contributed by atoms with Gasteiger partial charge >= 0.3 is 0 Å². The zero-order valence-corrected chi connectivity index (χ0v) is 9.22. The Bertz CT molecular complexity index is 479. The lowest BCUT2D eigenvalue weighted by molar-refractivity contribution is 0.133. The van der Waals surface area contributed by atoms with E-state index in [9.17, 15) is 0 Å². The van der Waals surface area contributed by atoms with Gasteiger partial charge in [-0.25, -0.2) is 0 Å². The van der Waals surface area contributed by atoms with Crippen LogP contribution in [0.1, 0.15) is 0 Å². The van der Waals surface area contributed by atoms with Crippen LogP contribution in [-0.4, -0.2) is 46.7 Å². The molecular formula is C11H10B2N2O2. The van der Waals surface area contributed by atoms with E-state index in [2.05, 4.69) is 10.3 Å². The predicted octanol–water partition coefficient (Wildman–Crippen LogP) is -0.883. The van der Waals surface area contributed by atoms with Gasteiger partial charge in [0.05, 0.1) is 6.54 Å². The standard InChI is InChI=1S/C11H10B2N2O2/c12-6-1-2-7-8(3-6)17-9(5-16-7)11-14-4-10(13)15-11/h1-3,9-10H,4-5H2,(H,14,15). The molecule has 0 saturated carbocycles. The molecule has 0 fully saturated rings. The van der Waals surface area contributed by atoms with Crippen molar-refractivity contribution in [3.05, 3.63) is 18.2 Å². The molecule has 6 heteroatoms. The number of nitrogens with one attached hydrogen (secondary N) is 1. The maximum atomic E-state index is 5.79. The fourth-order valence-corrected chi connectivity index (χ4v) is 1.90. The van der Waals surface area contributed by atoms with Crippen LogP contribution in [0.25, 0.3) is 0 Å². The van der Waals surface area contributed by atoms with Gasteiger partial charge in [-0.15, -0.1) is 0 Å². The number of aliphatic imine (C=N–C) groups is 1. The molecule has 2 unspecified atom stereocenters. The van der Waals surface area contributed by atoms with Gasteiger partial charge in [0.15, 0.2) is 17.6 Å². The highest BCUT2D eigenvalue weighted by molar-refractivity contribution is 6.32. The van der Waals surface area contributed by atoms with Crippen molar-refractivity contribution in [1.29, 1.82) is 0 Å². The van der Waals surface area contributed by atoms with Crippen molar-refractivity contribution in [2.45, 2.75) is 12.0 Å². The van der Waals surface area contributed by atoms with Crippen LogP contribution in [0.4, 0.5) is 0 Å². The molecule has 4 radical (unpaired) electrons. The summed E-state index contributed by atoms with van der Waals surface area (Å²) in [6.07, 6.45) is -0.238. The van der Waals surface area contributed by atoms with Crippen LogP contribution in [-0.2, 0) is 0 Å². The van der Waals surface area contributed by atoms with Gasteiger partial charge in [0.2, 0.25) is 0 Å². The molecule has 2 aliphatic rings. The number of nitrogens with zero attached hydrogens (tertiary/aromatic N) is 1. The van der Waals surface area contributed by atoms with Gasteiger partial charge in [-0.2, -0.15) is 0 Å². The largest absolute Gasteiger partial charge is 0.485 e. The molecule has 1 aromatic rings. The number of benzene rings is 1. The van der Waals surface area contributed by atoms with E-state index in [0.29, 0.717) is 30.1 Å². The smallest absolute Gasteiger partial charge is 0.189 e. The van der Waals surface area contributed by atoms with Crippen LogP contribution in [0, 0.1) is 0 Å². The highest BCUT2D eigenvalue weighted by Crippen LogP contribution is 2.30. The SMILES string of the molecule is [B]c1ccc2c(c1)OC(C1=NCC([B])N1)CO2.